The van der Waals surface area contributed by atoms with Crippen LogP contribution in [0.4, 0.5) is 0 Å². The summed E-state index contributed by atoms with van der Waals surface area (Å²) in [5.41, 5.74) is 1.56. The molecule has 0 spiro atoms. The molecule has 1 aliphatic rings. The van der Waals surface area contributed by atoms with E-state index in [1.165, 1.54) is 25.7 Å². The molecular weight excluding hydrogens is 186 g/mol. The first kappa shape index (κ1) is 12.7. The summed E-state index contributed by atoms with van der Waals surface area (Å²) >= 11 is 0. The first-order chi connectivity index (χ1) is 7.33. The molecule has 0 aromatic heterocycles. The van der Waals surface area contributed by atoms with Crippen LogP contribution >= 0.6 is 0 Å². The van der Waals surface area contributed by atoms with E-state index in [0.29, 0.717) is 0 Å². The summed E-state index contributed by atoms with van der Waals surface area (Å²) in [5, 5.41) is 3.34. The van der Waals surface area contributed by atoms with Gasteiger partial charge in [-0.2, -0.15) is 0 Å². The fourth-order valence-corrected chi connectivity index (χ4v) is 2.09. The third-order valence-corrected chi connectivity index (χ3v) is 3.02. The second kappa shape index (κ2) is 7.89. The third kappa shape index (κ3) is 5.95. The zero-order valence-electron chi connectivity index (χ0n) is 10.2. The lowest BCUT2D eigenvalue weighted by molar-refractivity contribution is 0.0665. The predicted molar refractivity (Wildman–Crippen MR) is 65.1 cm³/mol. The molecule has 88 valence electrons. The van der Waals surface area contributed by atoms with Crippen molar-refractivity contribution in [3.05, 3.63) is 11.6 Å². The highest BCUT2D eigenvalue weighted by Crippen LogP contribution is 2.22. The first-order valence-electron chi connectivity index (χ1n) is 6.27. The van der Waals surface area contributed by atoms with Crippen molar-refractivity contribution in [3.63, 3.8) is 0 Å². The monoisotopic (exact) mass is 211 g/mol. The molecule has 0 bridgehead atoms. The van der Waals surface area contributed by atoms with E-state index in [1.54, 1.807) is 5.57 Å². The zero-order chi connectivity index (χ0) is 10.9. The minimum absolute atomic E-state index is 0.870. The average molecular weight is 211 g/mol. The van der Waals surface area contributed by atoms with Crippen molar-refractivity contribution in [1.29, 1.82) is 0 Å². The van der Waals surface area contributed by atoms with Gasteiger partial charge in [-0.1, -0.05) is 18.6 Å². The fraction of sp³-hybridized carbons (Fsp3) is 0.846. The maximum Gasteiger partial charge on any atom is 0.0468 e. The van der Waals surface area contributed by atoms with Gasteiger partial charge in [0.15, 0.2) is 0 Å². The summed E-state index contributed by atoms with van der Waals surface area (Å²) in [6.45, 7) is 8.54. The van der Waals surface area contributed by atoms with E-state index in [4.69, 9.17) is 4.74 Å². The van der Waals surface area contributed by atoms with Crippen LogP contribution in [-0.2, 0) is 4.74 Å². The summed E-state index contributed by atoms with van der Waals surface area (Å²) in [6.07, 6.45) is 7.33. The van der Waals surface area contributed by atoms with Gasteiger partial charge >= 0.3 is 0 Å². The molecule has 1 N–H and O–H groups in total. The molecule has 0 aromatic carbocycles. The predicted octanol–water partition coefficient (Wildman–Crippen LogP) is 2.75. The molecule has 15 heavy (non-hydrogen) atoms. The third-order valence-electron chi connectivity index (χ3n) is 3.02. The lowest BCUT2D eigenvalue weighted by atomic mass is 9.92. The van der Waals surface area contributed by atoms with Crippen LogP contribution in [0.2, 0.25) is 0 Å². The van der Waals surface area contributed by atoms with E-state index < -0.39 is 0 Å². The van der Waals surface area contributed by atoms with Crippen LogP contribution in [0.25, 0.3) is 0 Å². The second-order valence-corrected chi connectivity index (χ2v) is 4.45. The Morgan fingerprint density at radius 3 is 2.80 bits per heavy atom. The van der Waals surface area contributed by atoms with E-state index in [0.717, 1.165) is 32.2 Å². The minimum Gasteiger partial charge on any atom is -0.381 e. The van der Waals surface area contributed by atoms with Gasteiger partial charge in [-0.15, -0.1) is 0 Å². The summed E-state index contributed by atoms with van der Waals surface area (Å²) in [6, 6.07) is 0. The molecule has 1 fully saturated rings. The summed E-state index contributed by atoms with van der Waals surface area (Å²) in [7, 11) is 0. The molecule has 0 aromatic rings. The molecule has 2 heteroatoms. The normalized spacial score (nSPS) is 19.5. The Labute approximate surface area is 94.1 Å². The molecule has 1 aliphatic heterocycles. The van der Waals surface area contributed by atoms with Crippen molar-refractivity contribution in [2.45, 2.75) is 39.5 Å². The number of rotatable bonds is 6. The van der Waals surface area contributed by atoms with Crippen LogP contribution in [0.5, 0.6) is 0 Å². The fourth-order valence-electron chi connectivity index (χ4n) is 2.09. The summed E-state index contributed by atoms with van der Waals surface area (Å²) in [5.74, 6) is 0.870. The van der Waals surface area contributed by atoms with E-state index in [2.05, 4.69) is 25.2 Å². The lowest BCUT2D eigenvalue weighted by Gasteiger charge is -2.22. The van der Waals surface area contributed by atoms with E-state index in [-0.39, 0.29) is 0 Å². The molecule has 1 saturated heterocycles. The Balaban J connectivity index is 2.12. The van der Waals surface area contributed by atoms with Gasteiger partial charge in [-0.25, -0.2) is 0 Å². The van der Waals surface area contributed by atoms with Crippen molar-refractivity contribution in [1.82, 2.24) is 5.32 Å². The Hall–Kier alpha value is -0.340. The van der Waals surface area contributed by atoms with Crippen molar-refractivity contribution in [3.8, 4) is 0 Å². The van der Waals surface area contributed by atoms with Crippen molar-refractivity contribution in [2.75, 3.05) is 26.3 Å². The maximum atomic E-state index is 5.36. The van der Waals surface area contributed by atoms with Crippen molar-refractivity contribution >= 4 is 0 Å². The molecule has 2 nitrogen and oxygen atoms in total. The highest BCUT2D eigenvalue weighted by Gasteiger charge is 2.13. The largest absolute Gasteiger partial charge is 0.381 e. The van der Waals surface area contributed by atoms with Gasteiger partial charge in [0, 0.05) is 13.2 Å². The van der Waals surface area contributed by atoms with Crippen LogP contribution < -0.4 is 5.32 Å². The Morgan fingerprint density at radius 2 is 2.13 bits per heavy atom. The summed E-state index contributed by atoms with van der Waals surface area (Å²) in [4.78, 5) is 0. The Bertz CT molecular complexity index is 183. The van der Waals surface area contributed by atoms with Crippen LogP contribution in [0.1, 0.15) is 39.5 Å². The van der Waals surface area contributed by atoms with Gasteiger partial charge in [0.2, 0.25) is 0 Å². The highest BCUT2D eigenvalue weighted by atomic mass is 16.5. The SMILES string of the molecule is CCNCCC=C(C)CC1CCOCC1. The smallest absolute Gasteiger partial charge is 0.0468 e. The Kier molecular flexibility index (Phi) is 6.69. The van der Waals surface area contributed by atoms with Gasteiger partial charge in [-0.3, -0.25) is 0 Å². The summed E-state index contributed by atoms with van der Waals surface area (Å²) < 4.78 is 5.36. The first-order valence-corrected chi connectivity index (χ1v) is 6.27. The lowest BCUT2D eigenvalue weighted by Crippen LogP contribution is -2.16. The van der Waals surface area contributed by atoms with Crippen molar-refractivity contribution < 1.29 is 4.74 Å². The molecule has 1 rings (SSSR count). The molecular formula is C13H25NO. The quantitative estimate of drug-likeness (QED) is 0.539. The van der Waals surface area contributed by atoms with Gasteiger partial charge in [0.1, 0.15) is 0 Å². The zero-order valence-corrected chi connectivity index (χ0v) is 10.2. The minimum atomic E-state index is 0.870. The second-order valence-electron chi connectivity index (χ2n) is 4.45. The van der Waals surface area contributed by atoms with Crippen LogP contribution in [0.3, 0.4) is 0 Å². The van der Waals surface area contributed by atoms with Gasteiger partial charge < -0.3 is 10.1 Å². The topological polar surface area (TPSA) is 21.3 Å². The van der Waals surface area contributed by atoms with Gasteiger partial charge in [-0.05, 0) is 51.6 Å². The van der Waals surface area contributed by atoms with Gasteiger partial charge in [0.05, 0.1) is 0 Å². The average Bonchev–Trinajstić information content (AvgIpc) is 2.26. The highest BCUT2D eigenvalue weighted by molar-refractivity contribution is 4.99. The van der Waals surface area contributed by atoms with E-state index in [9.17, 15) is 0 Å². The number of nitrogens with one attached hydrogen (secondary N) is 1. The molecule has 0 unspecified atom stereocenters. The molecule has 0 aliphatic carbocycles. The van der Waals surface area contributed by atoms with Crippen LogP contribution in [0.15, 0.2) is 11.6 Å². The molecule has 0 saturated carbocycles. The number of ether oxygens (including phenoxy) is 1. The molecule has 0 radical (unpaired) electrons. The van der Waals surface area contributed by atoms with Crippen LogP contribution in [0, 0.1) is 5.92 Å². The molecule has 0 atom stereocenters. The van der Waals surface area contributed by atoms with Gasteiger partial charge in [0.25, 0.3) is 0 Å². The number of hydrogen-bond acceptors (Lipinski definition) is 2. The van der Waals surface area contributed by atoms with Crippen molar-refractivity contribution in [2.24, 2.45) is 5.92 Å². The molecule has 0 amide bonds. The van der Waals surface area contributed by atoms with E-state index >= 15 is 0 Å². The van der Waals surface area contributed by atoms with E-state index in [1.807, 2.05) is 0 Å². The number of hydrogen-bond donors (Lipinski definition) is 1. The van der Waals surface area contributed by atoms with Crippen LogP contribution in [-0.4, -0.2) is 26.3 Å². The Morgan fingerprint density at radius 1 is 1.40 bits per heavy atom. The number of allylic oxidation sites excluding steroid dienone is 1. The standard InChI is InChI=1S/C13H25NO/c1-3-14-8-4-5-12(2)11-13-6-9-15-10-7-13/h5,13-14H,3-4,6-11H2,1-2H3. The molecule has 1 heterocycles. The maximum absolute atomic E-state index is 5.36.